The Kier molecular flexibility index (Phi) is 5.78. The van der Waals surface area contributed by atoms with Crippen molar-refractivity contribution < 1.29 is 0 Å². The van der Waals surface area contributed by atoms with E-state index in [9.17, 15) is 0 Å². The quantitative estimate of drug-likeness (QED) is 0.619. The van der Waals surface area contributed by atoms with Crippen LogP contribution in [0.4, 0.5) is 0 Å². The fraction of sp³-hybridized carbons (Fsp3) is 0.600. The van der Waals surface area contributed by atoms with Crippen LogP contribution in [0.25, 0.3) is 0 Å². The highest BCUT2D eigenvalue weighted by Crippen LogP contribution is 2.25. The molecule has 1 fully saturated rings. The molecule has 1 aromatic carbocycles. The van der Waals surface area contributed by atoms with Crippen LogP contribution in [0.15, 0.2) is 24.3 Å². The second kappa shape index (κ2) is 7.37. The summed E-state index contributed by atoms with van der Waals surface area (Å²) in [4.78, 5) is 0. The largest absolute Gasteiger partial charge is 0.313 e. The van der Waals surface area contributed by atoms with Crippen LogP contribution in [0.2, 0.25) is 0 Å². The minimum Gasteiger partial charge on any atom is -0.313 e. The summed E-state index contributed by atoms with van der Waals surface area (Å²) in [6.45, 7) is 2.19. The van der Waals surface area contributed by atoms with Crippen LogP contribution in [0, 0.1) is 9.49 Å². The Morgan fingerprint density at radius 1 is 1.18 bits per heavy atom. The monoisotopic (exact) mass is 343 g/mol. The Morgan fingerprint density at radius 2 is 2.00 bits per heavy atom. The molecule has 2 heteroatoms. The molecule has 1 saturated carbocycles. The Labute approximate surface area is 119 Å². The number of halogens is 1. The van der Waals surface area contributed by atoms with Crippen molar-refractivity contribution in [2.75, 3.05) is 6.54 Å². The van der Waals surface area contributed by atoms with Crippen molar-refractivity contribution in [2.45, 2.75) is 45.1 Å². The maximum absolute atomic E-state index is 3.57. The van der Waals surface area contributed by atoms with Gasteiger partial charge in [0.15, 0.2) is 0 Å². The van der Waals surface area contributed by atoms with Crippen molar-refractivity contribution >= 4 is 22.6 Å². The van der Waals surface area contributed by atoms with E-state index in [-0.39, 0.29) is 0 Å². The molecule has 0 spiro atoms. The molecular weight excluding hydrogens is 321 g/mol. The molecule has 17 heavy (non-hydrogen) atoms. The molecule has 1 aliphatic rings. The number of rotatable bonds is 5. The first kappa shape index (κ1) is 13.3. The molecule has 0 aliphatic heterocycles. The average Bonchev–Trinajstić information content (AvgIpc) is 2.36. The van der Waals surface area contributed by atoms with E-state index in [2.05, 4.69) is 52.2 Å². The van der Waals surface area contributed by atoms with Gasteiger partial charge < -0.3 is 5.32 Å². The van der Waals surface area contributed by atoms with Gasteiger partial charge in [-0.2, -0.15) is 0 Å². The predicted octanol–water partition coefficient (Wildman–Crippen LogP) is 4.35. The molecule has 0 radical (unpaired) electrons. The standard InChI is InChI=1S/C15H22IN/c16-15-8-4-7-14(11-15)12-17-10-9-13-5-2-1-3-6-13/h4,7-8,11,13,17H,1-3,5-6,9-10,12H2. The molecule has 2 rings (SSSR count). The van der Waals surface area contributed by atoms with Gasteiger partial charge in [-0.1, -0.05) is 44.2 Å². The summed E-state index contributed by atoms with van der Waals surface area (Å²) in [6, 6.07) is 8.75. The molecule has 0 aromatic heterocycles. The van der Waals surface area contributed by atoms with Gasteiger partial charge in [0.25, 0.3) is 0 Å². The summed E-state index contributed by atoms with van der Waals surface area (Å²) in [7, 11) is 0. The van der Waals surface area contributed by atoms with Crippen LogP contribution in [-0.2, 0) is 6.54 Å². The average molecular weight is 343 g/mol. The highest BCUT2D eigenvalue weighted by molar-refractivity contribution is 14.1. The van der Waals surface area contributed by atoms with E-state index in [1.54, 1.807) is 0 Å². The van der Waals surface area contributed by atoms with Gasteiger partial charge in [-0.15, -0.1) is 0 Å². The van der Waals surface area contributed by atoms with Crippen LogP contribution in [0.5, 0.6) is 0 Å². The topological polar surface area (TPSA) is 12.0 Å². The number of benzene rings is 1. The van der Waals surface area contributed by atoms with Crippen LogP contribution >= 0.6 is 22.6 Å². The SMILES string of the molecule is Ic1cccc(CNCCC2CCCCC2)c1. The summed E-state index contributed by atoms with van der Waals surface area (Å²) >= 11 is 2.37. The lowest BCUT2D eigenvalue weighted by Crippen LogP contribution is -2.19. The number of hydrogen-bond acceptors (Lipinski definition) is 1. The maximum Gasteiger partial charge on any atom is 0.0205 e. The third-order valence-electron chi connectivity index (χ3n) is 3.67. The van der Waals surface area contributed by atoms with Gasteiger partial charge in [-0.3, -0.25) is 0 Å². The molecule has 1 N–H and O–H groups in total. The highest BCUT2D eigenvalue weighted by atomic mass is 127. The van der Waals surface area contributed by atoms with Gasteiger partial charge in [-0.05, 0) is 59.2 Å². The molecule has 1 aromatic rings. The zero-order valence-corrected chi connectivity index (χ0v) is 12.6. The van der Waals surface area contributed by atoms with Gasteiger partial charge in [-0.25, -0.2) is 0 Å². The normalized spacial score (nSPS) is 17.2. The van der Waals surface area contributed by atoms with Gasteiger partial charge >= 0.3 is 0 Å². The van der Waals surface area contributed by atoms with Crippen molar-refractivity contribution in [1.29, 1.82) is 0 Å². The lowest BCUT2D eigenvalue weighted by atomic mass is 9.87. The van der Waals surface area contributed by atoms with Gasteiger partial charge in [0.05, 0.1) is 0 Å². The van der Waals surface area contributed by atoms with E-state index in [4.69, 9.17) is 0 Å². The predicted molar refractivity (Wildman–Crippen MR) is 82.1 cm³/mol. The highest BCUT2D eigenvalue weighted by Gasteiger charge is 2.12. The Balaban J connectivity index is 1.62. The van der Waals surface area contributed by atoms with Crippen LogP contribution in [-0.4, -0.2) is 6.54 Å². The molecule has 0 bridgehead atoms. The lowest BCUT2D eigenvalue weighted by Gasteiger charge is -2.21. The minimum absolute atomic E-state index is 0.993. The van der Waals surface area contributed by atoms with Gasteiger partial charge in [0.2, 0.25) is 0 Å². The maximum atomic E-state index is 3.57. The second-order valence-electron chi connectivity index (χ2n) is 5.10. The zero-order chi connectivity index (χ0) is 11.9. The van der Waals surface area contributed by atoms with E-state index < -0.39 is 0 Å². The molecule has 0 saturated heterocycles. The Hall–Kier alpha value is -0.0900. The third kappa shape index (κ3) is 4.96. The Bertz CT molecular complexity index is 331. The van der Waals surface area contributed by atoms with Crippen LogP contribution in [0.1, 0.15) is 44.1 Å². The van der Waals surface area contributed by atoms with E-state index in [0.29, 0.717) is 0 Å². The molecule has 1 nitrogen and oxygen atoms in total. The smallest absolute Gasteiger partial charge is 0.0205 e. The molecule has 0 heterocycles. The lowest BCUT2D eigenvalue weighted by molar-refractivity contribution is 0.334. The summed E-state index contributed by atoms with van der Waals surface area (Å²) in [6.07, 6.45) is 8.68. The molecule has 0 unspecified atom stereocenters. The first-order valence-corrected chi connectivity index (χ1v) is 7.87. The minimum atomic E-state index is 0.993. The summed E-state index contributed by atoms with van der Waals surface area (Å²) in [5.74, 6) is 0.993. The molecule has 0 amide bonds. The second-order valence-corrected chi connectivity index (χ2v) is 6.35. The molecular formula is C15H22IN. The Morgan fingerprint density at radius 3 is 2.76 bits per heavy atom. The fourth-order valence-electron chi connectivity index (χ4n) is 2.66. The van der Waals surface area contributed by atoms with E-state index in [1.807, 2.05) is 0 Å². The van der Waals surface area contributed by atoms with Crippen molar-refractivity contribution in [3.8, 4) is 0 Å². The van der Waals surface area contributed by atoms with Crippen LogP contribution < -0.4 is 5.32 Å². The number of nitrogens with one attached hydrogen (secondary N) is 1. The number of hydrogen-bond donors (Lipinski definition) is 1. The first-order valence-electron chi connectivity index (χ1n) is 6.80. The first-order chi connectivity index (χ1) is 8.34. The molecule has 94 valence electrons. The van der Waals surface area contributed by atoms with E-state index in [1.165, 1.54) is 54.2 Å². The van der Waals surface area contributed by atoms with Gasteiger partial charge in [0, 0.05) is 10.1 Å². The summed E-state index contributed by atoms with van der Waals surface area (Å²) < 4.78 is 1.33. The fourth-order valence-corrected chi connectivity index (χ4v) is 3.27. The van der Waals surface area contributed by atoms with E-state index in [0.717, 1.165) is 12.5 Å². The third-order valence-corrected chi connectivity index (χ3v) is 4.34. The summed E-state index contributed by atoms with van der Waals surface area (Å²) in [5, 5.41) is 3.57. The summed E-state index contributed by atoms with van der Waals surface area (Å²) in [5.41, 5.74) is 1.40. The van der Waals surface area contributed by atoms with Crippen LogP contribution in [0.3, 0.4) is 0 Å². The van der Waals surface area contributed by atoms with Gasteiger partial charge in [0.1, 0.15) is 0 Å². The van der Waals surface area contributed by atoms with Crippen molar-refractivity contribution in [1.82, 2.24) is 5.32 Å². The van der Waals surface area contributed by atoms with E-state index >= 15 is 0 Å². The molecule has 0 atom stereocenters. The van der Waals surface area contributed by atoms with Crippen molar-refractivity contribution in [3.05, 3.63) is 33.4 Å². The van der Waals surface area contributed by atoms with Crippen molar-refractivity contribution in [3.63, 3.8) is 0 Å². The molecule has 1 aliphatic carbocycles. The van der Waals surface area contributed by atoms with Crippen molar-refractivity contribution in [2.24, 2.45) is 5.92 Å². The zero-order valence-electron chi connectivity index (χ0n) is 10.4.